The molecule has 2 N–H and O–H groups in total. The zero-order valence-corrected chi connectivity index (χ0v) is 14.8. The molecule has 0 aliphatic carbocycles. The molecule has 0 aromatic carbocycles. The molecule has 0 saturated carbocycles. The van der Waals surface area contributed by atoms with Crippen LogP contribution in [-0.4, -0.2) is 41.2 Å². The van der Waals surface area contributed by atoms with Crippen molar-refractivity contribution < 1.29 is 19.1 Å². The van der Waals surface area contributed by atoms with Gasteiger partial charge in [-0.3, -0.25) is 4.79 Å². The zero-order valence-electron chi connectivity index (χ0n) is 14.8. The molecule has 0 unspecified atom stereocenters. The molecule has 0 spiro atoms. The van der Waals surface area contributed by atoms with Crippen molar-refractivity contribution in [2.45, 2.75) is 52.9 Å². The molecule has 0 aliphatic heterocycles. The number of methoxy groups -OCH3 is 1. The highest BCUT2D eigenvalue weighted by Gasteiger charge is 2.23. The van der Waals surface area contributed by atoms with E-state index in [1.165, 1.54) is 12.4 Å². The van der Waals surface area contributed by atoms with Crippen molar-refractivity contribution in [1.82, 2.24) is 15.3 Å². The quantitative estimate of drug-likeness (QED) is 0.752. The number of carbonyl (C=O) groups excluding carboxylic acids is 2. The van der Waals surface area contributed by atoms with E-state index in [4.69, 9.17) is 9.47 Å². The van der Waals surface area contributed by atoms with Crippen LogP contribution in [0.2, 0.25) is 0 Å². The Balaban J connectivity index is 2.70. The number of carbonyl (C=O) groups is 2. The normalized spacial score (nSPS) is 12.1. The lowest BCUT2D eigenvalue weighted by molar-refractivity contribution is -0.118. The lowest BCUT2D eigenvalue weighted by Gasteiger charge is -2.20. The number of hydrogen-bond donors (Lipinski definition) is 2. The molecule has 1 heterocycles. The summed E-state index contributed by atoms with van der Waals surface area (Å²) in [5.41, 5.74) is 0.452. The average molecular weight is 338 g/mol. The molecule has 24 heavy (non-hydrogen) atoms. The van der Waals surface area contributed by atoms with Crippen molar-refractivity contribution in [2.75, 3.05) is 12.4 Å². The minimum atomic E-state index is -0.699. The number of anilines is 1. The molecular weight excluding hydrogens is 312 g/mol. The number of rotatable bonds is 8. The maximum absolute atomic E-state index is 12.4. The number of aromatic nitrogens is 2. The monoisotopic (exact) mass is 338 g/mol. The van der Waals surface area contributed by atoms with Gasteiger partial charge in [0.15, 0.2) is 5.82 Å². The van der Waals surface area contributed by atoms with Crippen LogP contribution in [0.3, 0.4) is 0 Å². The second kappa shape index (κ2) is 9.82. The fourth-order valence-corrected chi connectivity index (χ4v) is 1.95. The number of nitrogens with zero attached hydrogens (tertiary/aromatic N) is 2. The average Bonchev–Trinajstić information content (AvgIpc) is 2.47. The number of nitrogens with one attached hydrogen (secondary N) is 2. The summed E-state index contributed by atoms with van der Waals surface area (Å²) in [6, 6.07) is -0.699. The van der Waals surface area contributed by atoms with Crippen LogP contribution in [0.5, 0.6) is 0 Å². The van der Waals surface area contributed by atoms with Gasteiger partial charge in [-0.2, -0.15) is 0 Å². The van der Waals surface area contributed by atoms with Gasteiger partial charge in [0.2, 0.25) is 5.91 Å². The fraction of sp³-hybridized carbons (Fsp3) is 0.625. The molecule has 2 amide bonds. The predicted molar refractivity (Wildman–Crippen MR) is 89.4 cm³/mol. The van der Waals surface area contributed by atoms with Gasteiger partial charge in [-0.25, -0.2) is 14.8 Å². The summed E-state index contributed by atoms with van der Waals surface area (Å²) in [5.74, 6) is 0.404. The van der Waals surface area contributed by atoms with E-state index in [1.54, 1.807) is 21.0 Å². The summed E-state index contributed by atoms with van der Waals surface area (Å²) in [5, 5.41) is 5.30. The largest absolute Gasteiger partial charge is 0.447 e. The minimum Gasteiger partial charge on any atom is -0.447 e. The molecule has 0 bridgehead atoms. The third-order valence-electron chi connectivity index (χ3n) is 2.90. The lowest BCUT2D eigenvalue weighted by Crippen LogP contribution is -2.45. The number of amides is 2. The van der Waals surface area contributed by atoms with Gasteiger partial charge < -0.3 is 20.1 Å². The smallest absolute Gasteiger partial charge is 0.408 e. The van der Waals surface area contributed by atoms with Crippen LogP contribution in [0.1, 0.15) is 39.9 Å². The summed E-state index contributed by atoms with van der Waals surface area (Å²) >= 11 is 0. The van der Waals surface area contributed by atoms with Gasteiger partial charge in [0.1, 0.15) is 12.6 Å². The van der Waals surface area contributed by atoms with Crippen molar-refractivity contribution >= 4 is 17.7 Å². The zero-order chi connectivity index (χ0) is 18.1. The summed E-state index contributed by atoms with van der Waals surface area (Å²) in [7, 11) is 1.55. The van der Waals surface area contributed by atoms with E-state index in [-0.39, 0.29) is 17.9 Å². The summed E-state index contributed by atoms with van der Waals surface area (Å²) < 4.78 is 9.97. The Bertz CT molecular complexity index is 531. The van der Waals surface area contributed by atoms with Gasteiger partial charge in [0, 0.05) is 7.11 Å². The third-order valence-corrected chi connectivity index (χ3v) is 2.90. The Morgan fingerprint density at radius 2 is 1.79 bits per heavy atom. The number of ether oxygens (including phenoxy) is 2. The van der Waals surface area contributed by atoms with Crippen LogP contribution >= 0.6 is 0 Å². The van der Waals surface area contributed by atoms with Crippen molar-refractivity contribution in [3.05, 3.63) is 18.2 Å². The molecule has 134 valence electrons. The predicted octanol–water partition coefficient (Wildman–Crippen LogP) is 2.11. The van der Waals surface area contributed by atoms with Crippen molar-refractivity contribution in [1.29, 1.82) is 0 Å². The Labute approximate surface area is 142 Å². The maximum Gasteiger partial charge on any atom is 0.408 e. The Kier molecular flexibility index (Phi) is 8.11. The van der Waals surface area contributed by atoms with Gasteiger partial charge >= 0.3 is 6.09 Å². The number of hydrogen-bond acceptors (Lipinski definition) is 6. The van der Waals surface area contributed by atoms with Gasteiger partial charge in [-0.15, -0.1) is 0 Å². The molecule has 1 rings (SSSR count). The van der Waals surface area contributed by atoms with Gasteiger partial charge in [-0.05, 0) is 26.2 Å². The third kappa shape index (κ3) is 7.36. The van der Waals surface area contributed by atoms with Crippen LogP contribution in [0.4, 0.5) is 10.5 Å². The standard InChI is InChI=1S/C16H26N4O4/c1-10(2)6-13(20-16(22)24-11(3)4)15(21)19-12-7-17-14(9-23-5)18-8-12/h7-8,10-11,13H,6,9H2,1-5H3,(H,19,21)(H,20,22)/t13-/m0/s1. The van der Waals surface area contributed by atoms with Gasteiger partial charge in [-0.1, -0.05) is 13.8 Å². The first-order valence-electron chi connectivity index (χ1n) is 7.89. The van der Waals surface area contributed by atoms with Crippen LogP contribution in [-0.2, 0) is 20.9 Å². The summed E-state index contributed by atoms with van der Waals surface area (Å²) in [6.07, 6.45) is 2.62. The molecule has 8 heteroatoms. The molecule has 0 fully saturated rings. The first-order chi connectivity index (χ1) is 11.3. The van der Waals surface area contributed by atoms with E-state index in [0.29, 0.717) is 24.5 Å². The van der Waals surface area contributed by atoms with E-state index in [1.807, 2.05) is 13.8 Å². The second-order valence-corrected chi connectivity index (χ2v) is 6.09. The number of alkyl carbamates (subject to hydrolysis) is 1. The van der Waals surface area contributed by atoms with Crippen LogP contribution in [0.15, 0.2) is 12.4 Å². The van der Waals surface area contributed by atoms with Crippen molar-refractivity contribution in [3.63, 3.8) is 0 Å². The summed E-state index contributed by atoms with van der Waals surface area (Å²) in [4.78, 5) is 32.3. The van der Waals surface area contributed by atoms with E-state index < -0.39 is 12.1 Å². The first-order valence-corrected chi connectivity index (χ1v) is 7.89. The molecule has 8 nitrogen and oxygen atoms in total. The fourth-order valence-electron chi connectivity index (χ4n) is 1.95. The van der Waals surface area contributed by atoms with E-state index in [2.05, 4.69) is 20.6 Å². The Hall–Kier alpha value is -2.22. The molecule has 1 atom stereocenters. The van der Waals surface area contributed by atoms with Crippen LogP contribution in [0, 0.1) is 5.92 Å². The highest BCUT2D eigenvalue weighted by Crippen LogP contribution is 2.10. The Morgan fingerprint density at radius 3 is 2.29 bits per heavy atom. The van der Waals surface area contributed by atoms with E-state index in [9.17, 15) is 9.59 Å². The first kappa shape index (κ1) is 19.8. The molecule has 1 aromatic heterocycles. The topological polar surface area (TPSA) is 102 Å². The van der Waals surface area contributed by atoms with Gasteiger partial charge in [0.25, 0.3) is 0 Å². The lowest BCUT2D eigenvalue weighted by atomic mass is 10.0. The van der Waals surface area contributed by atoms with Gasteiger partial charge in [0.05, 0.1) is 24.2 Å². The van der Waals surface area contributed by atoms with Crippen LogP contribution in [0.25, 0.3) is 0 Å². The SMILES string of the molecule is COCc1ncc(NC(=O)[C@H](CC(C)C)NC(=O)OC(C)C)cn1. The molecule has 1 aromatic rings. The molecule has 0 aliphatic rings. The van der Waals surface area contributed by atoms with Crippen molar-refractivity contribution in [2.24, 2.45) is 5.92 Å². The highest BCUT2D eigenvalue weighted by atomic mass is 16.6. The Morgan fingerprint density at radius 1 is 1.17 bits per heavy atom. The molecule has 0 saturated heterocycles. The van der Waals surface area contributed by atoms with E-state index >= 15 is 0 Å². The molecular formula is C16H26N4O4. The highest BCUT2D eigenvalue weighted by molar-refractivity contribution is 5.96. The van der Waals surface area contributed by atoms with Crippen molar-refractivity contribution in [3.8, 4) is 0 Å². The van der Waals surface area contributed by atoms with Crippen LogP contribution < -0.4 is 10.6 Å². The molecule has 0 radical (unpaired) electrons. The van der Waals surface area contributed by atoms with E-state index in [0.717, 1.165) is 0 Å². The minimum absolute atomic E-state index is 0.223. The maximum atomic E-state index is 12.4. The summed E-state index contributed by atoms with van der Waals surface area (Å²) in [6.45, 7) is 7.73. The second-order valence-electron chi connectivity index (χ2n) is 6.09.